The molecule has 24 heavy (non-hydrogen) atoms. The predicted octanol–water partition coefficient (Wildman–Crippen LogP) is 2.56. The molecule has 1 aromatic heterocycles. The molecular formula is C18H19FN2O3. The molecule has 2 aromatic rings. The van der Waals surface area contributed by atoms with E-state index in [4.69, 9.17) is 9.47 Å². The lowest BCUT2D eigenvalue weighted by atomic mass is 10.1. The minimum Gasteiger partial charge on any atom is -0.484 e. The van der Waals surface area contributed by atoms with Gasteiger partial charge in [0.1, 0.15) is 11.6 Å². The maximum Gasteiger partial charge on any atom is 0.258 e. The molecule has 5 nitrogen and oxygen atoms in total. The van der Waals surface area contributed by atoms with Gasteiger partial charge in [0.05, 0.1) is 6.10 Å². The van der Waals surface area contributed by atoms with E-state index in [1.54, 1.807) is 30.6 Å². The highest BCUT2D eigenvalue weighted by atomic mass is 19.1. The van der Waals surface area contributed by atoms with Crippen LogP contribution >= 0.6 is 0 Å². The molecule has 2 heterocycles. The fraction of sp³-hybridized carbons (Fsp3) is 0.333. The van der Waals surface area contributed by atoms with E-state index in [1.165, 1.54) is 12.1 Å². The van der Waals surface area contributed by atoms with Crippen LogP contribution in [0, 0.1) is 5.82 Å². The van der Waals surface area contributed by atoms with Gasteiger partial charge in [-0.25, -0.2) is 4.39 Å². The number of hydrogen-bond acceptors (Lipinski definition) is 4. The second kappa shape index (κ2) is 7.88. The van der Waals surface area contributed by atoms with E-state index >= 15 is 0 Å². The Bertz CT molecular complexity index is 688. The van der Waals surface area contributed by atoms with E-state index in [0.717, 1.165) is 25.0 Å². The number of pyridine rings is 1. The molecule has 0 bridgehead atoms. The van der Waals surface area contributed by atoms with Crippen molar-refractivity contribution in [1.82, 2.24) is 10.3 Å². The molecule has 1 aliphatic rings. The second-order valence-corrected chi connectivity index (χ2v) is 5.64. The predicted molar refractivity (Wildman–Crippen MR) is 87.1 cm³/mol. The van der Waals surface area contributed by atoms with E-state index < -0.39 is 5.82 Å². The molecule has 1 N–H and O–H groups in total. The molecule has 1 aliphatic heterocycles. The number of amides is 1. The lowest BCUT2D eigenvalue weighted by Crippen LogP contribution is -2.35. The normalized spacial score (nSPS) is 16.8. The highest BCUT2D eigenvalue weighted by Crippen LogP contribution is 2.25. The number of nitrogens with one attached hydrogen (secondary N) is 1. The van der Waals surface area contributed by atoms with Gasteiger partial charge in [0.25, 0.3) is 5.91 Å². The minimum atomic E-state index is -0.418. The van der Waals surface area contributed by atoms with E-state index in [1.807, 2.05) is 0 Å². The Kier molecular flexibility index (Phi) is 5.38. The molecule has 0 spiro atoms. The summed E-state index contributed by atoms with van der Waals surface area (Å²) in [6, 6.07) is 7.95. The largest absolute Gasteiger partial charge is 0.484 e. The standard InChI is InChI=1S/C18H19FN2O3/c19-15-8-14(13-3-5-20-6-4-13)9-17(10-15)24-12-18(22)21-11-16-2-1-7-23-16/h3-6,8-10,16H,1-2,7,11-12H2,(H,21,22). The SMILES string of the molecule is O=C(COc1cc(F)cc(-c2ccncc2)c1)NCC1CCCO1. The summed E-state index contributed by atoms with van der Waals surface area (Å²) in [6.07, 6.45) is 5.35. The minimum absolute atomic E-state index is 0.0846. The first-order valence-electron chi connectivity index (χ1n) is 7.93. The van der Waals surface area contributed by atoms with Gasteiger partial charge in [-0.2, -0.15) is 0 Å². The van der Waals surface area contributed by atoms with Gasteiger partial charge in [0.15, 0.2) is 6.61 Å². The van der Waals surface area contributed by atoms with Crippen molar-refractivity contribution < 1.29 is 18.7 Å². The number of ether oxygens (including phenoxy) is 2. The fourth-order valence-corrected chi connectivity index (χ4v) is 2.59. The van der Waals surface area contributed by atoms with Crippen molar-refractivity contribution in [2.24, 2.45) is 0 Å². The van der Waals surface area contributed by atoms with Crippen LogP contribution in [0.1, 0.15) is 12.8 Å². The van der Waals surface area contributed by atoms with Crippen LogP contribution in [0.4, 0.5) is 4.39 Å². The molecule has 126 valence electrons. The molecule has 3 rings (SSSR count). The fourth-order valence-electron chi connectivity index (χ4n) is 2.59. The first kappa shape index (κ1) is 16.4. The highest BCUT2D eigenvalue weighted by Gasteiger charge is 2.16. The van der Waals surface area contributed by atoms with Crippen LogP contribution in [0.5, 0.6) is 5.75 Å². The zero-order valence-corrected chi connectivity index (χ0v) is 13.2. The average molecular weight is 330 g/mol. The Morgan fingerprint density at radius 1 is 1.29 bits per heavy atom. The van der Waals surface area contributed by atoms with Gasteiger partial charge in [0.2, 0.25) is 0 Å². The number of carbonyl (C=O) groups excluding carboxylic acids is 1. The molecule has 0 aliphatic carbocycles. The third-order valence-corrected chi connectivity index (χ3v) is 3.81. The van der Waals surface area contributed by atoms with Crippen molar-refractivity contribution in [2.45, 2.75) is 18.9 Å². The molecule has 0 saturated carbocycles. The Balaban J connectivity index is 1.56. The smallest absolute Gasteiger partial charge is 0.258 e. The Morgan fingerprint density at radius 3 is 2.88 bits per heavy atom. The third kappa shape index (κ3) is 4.52. The summed E-state index contributed by atoms with van der Waals surface area (Å²) in [6.45, 7) is 1.07. The van der Waals surface area contributed by atoms with Crippen molar-refractivity contribution in [2.75, 3.05) is 19.8 Å². The number of hydrogen-bond donors (Lipinski definition) is 1. The Labute approximate surface area is 139 Å². The first-order chi connectivity index (χ1) is 11.7. The lowest BCUT2D eigenvalue weighted by Gasteiger charge is -2.12. The lowest BCUT2D eigenvalue weighted by molar-refractivity contribution is -0.123. The van der Waals surface area contributed by atoms with Crippen molar-refractivity contribution in [3.8, 4) is 16.9 Å². The number of nitrogens with zero attached hydrogens (tertiary/aromatic N) is 1. The van der Waals surface area contributed by atoms with Crippen molar-refractivity contribution in [1.29, 1.82) is 0 Å². The average Bonchev–Trinajstić information content (AvgIpc) is 3.12. The topological polar surface area (TPSA) is 60.5 Å². The van der Waals surface area contributed by atoms with Gasteiger partial charge in [-0.05, 0) is 48.2 Å². The molecule has 1 unspecified atom stereocenters. The zero-order valence-electron chi connectivity index (χ0n) is 13.2. The van der Waals surface area contributed by atoms with Gasteiger partial charge < -0.3 is 14.8 Å². The third-order valence-electron chi connectivity index (χ3n) is 3.81. The van der Waals surface area contributed by atoms with Gasteiger partial charge in [-0.15, -0.1) is 0 Å². The van der Waals surface area contributed by atoms with Crippen LogP contribution in [-0.2, 0) is 9.53 Å². The van der Waals surface area contributed by atoms with Crippen molar-refractivity contribution in [3.63, 3.8) is 0 Å². The molecule has 1 aromatic carbocycles. The van der Waals surface area contributed by atoms with Crippen LogP contribution in [0.15, 0.2) is 42.7 Å². The summed E-state index contributed by atoms with van der Waals surface area (Å²) in [7, 11) is 0. The molecule has 0 radical (unpaired) electrons. The summed E-state index contributed by atoms with van der Waals surface area (Å²) in [4.78, 5) is 15.8. The van der Waals surface area contributed by atoms with Crippen molar-refractivity contribution >= 4 is 5.91 Å². The molecule has 6 heteroatoms. The van der Waals surface area contributed by atoms with E-state index in [-0.39, 0.29) is 18.6 Å². The van der Waals surface area contributed by atoms with Crippen LogP contribution in [0.25, 0.3) is 11.1 Å². The molecular weight excluding hydrogens is 311 g/mol. The highest BCUT2D eigenvalue weighted by molar-refractivity contribution is 5.77. The van der Waals surface area contributed by atoms with Crippen LogP contribution in [0.3, 0.4) is 0 Å². The van der Waals surface area contributed by atoms with E-state index in [0.29, 0.717) is 17.9 Å². The maximum atomic E-state index is 13.8. The van der Waals surface area contributed by atoms with E-state index in [2.05, 4.69) is 10.3 Å². The van der Waals surface area contributed by atoms with Crippen molar-refractivity contribution in [3.05, 3.63) is 48.5 Å². The zero-order chi connectivity index (χ0) is 16.8. The summed E-state index contributed by atoms with van der Waals surface area (Å²) in [5.41, 5.74) is 1.50. The molecule has 1 amide bonds. The van der Waals surface area contributed by atoms with Gasteiger partial charge in [-0.3, -0.25) is 9.78 Å². The summed E-state index contributed by atoms with van der Waals surface area (Å²) in [5, 5.41) is 2.76. The van der Waals surface area contributed by atoms with Gasteiger partial charge in [-0.1, -0.05) is 0 Å². The molecule has 1 fully saturated rings. The second-order valence-electron chi connectivity index (χ2n) is 5.64. The Hall–Kier alpha value is -2.47. The monoisotopic (exact) mass is 330 g/mol. The number of rotatable bonds is 6. The summed E-state index contributed by atoms with van der Waals surface area (Å²) >= 11 is 0. The summed E-state index contributed by atoms with van der Waals surface area (Å²) < 4.78 is 24.6. The maximum absolute atomic E-state index is 13.8. The van der Waals surface area contributed by atoms with Gasteiger partial charge >= 0.3 is 0 Å². The van der Waals surface area contributed by atoms with Gasteiger partial charge in [0, 0.05) is 31.6 Å². The quantitative estimate of drug-likeness (QED) is 0.884. The molecule has 1 saturated heterocycles. The van der Waals surface area contributed by atoms with E-state index in [9.17, 15) is 9.18 Å². The molecule has 1 atom stereocenters. The van der Waals surface area contributed by atoms with Crippen LogP contribution in [0.2, 0.25) is 0 Å². The summed E-state index contributed by atoms with van der Waals surface area (Å²) in [5.74, 6) is -0.353. The number of aromatic nitrogens is 1. The first-order valence-corrected chi connectivity index (χ1v) is 7.93. The number of halogens is 1. The number of benzene rings is 1. The number of carbonyl (C=O) groups is 1. The Morgan fingerprint density at radius 2 is 2.12 bits per heavy atom. The van der Waals surface area contributed by atoms with Crippen LogP contribution < -0.4 is 10.1 Å². The van der Waals surface area contributed by atoms with Crippen LogP contribution in [-0.4, -0.2) is 36.8 Å².